The Hall–Kier alpha value is -0.770. The van der Waals surface area contributed by atoms with Crippen molar-refractivity contribution in [1.29, 1.82) is 0 Å². The average molecular weight is 325 g/mol. The Balaban J connectivity index is 0.00000176. The van der Waals surface area contributed by atoms with Crippen molar-refractivity contribution in [3.05, 3.63) is 29.8 Å². The Bertz CT molecular complexity index is 448. The van der Waals surface area contributed by atoms with E-state index in [4.69, 9.17) is 4.74 Å². The van der Waals surface area contributed by atoms with E-state index in [1.807, 2.05) is 0 Å². The first-order valence-corrected chi connectivity index (χ1v) is 8.49. The number of likely N-dealkylation sites (N-methyl/N-ethyl adjacent to an activating group) is 1. The van der Waals surface area contributed by atoms with Gasteiger partial charge < -0.3 is 10.1 Å². The quantitative estimate of drug-likeness (QED) is 0.895. The number of hydrogen-bond donors (Lipinski definition) is 1. The van der Waals surface area contributed by atoms with Gasteiger partial charge in [0.05, 0.1) is 6.10 Å². The predicted octanol–water partition coefficient (Wildman–Crippen LogP) is 3.61. The molecule has 0 radical (unpaired) electrons. The molecule has 1 heterocycles. The van der Waals surface area contributed by atoms with Crippen LogP contribution in [0.3, 0.4) is 0 Å². The zero-order valence-electron chi connectivity index (χ0n) is 13.6. The van der Waals surface area contributed by atoms with Crippen LogP contribution in [-0.2, 0) is 6.54 Å². The normalized spacial score (nSPS) is 23.2. The number of nitrogens with zero attached hydrogens (tertiary/aromatic N) is 1. The molecule has 1 atom stereocenters. The lowest BCUT2D eigenvalue weighted by Gasteiger charge is -2.33. The van der Waals surface area contributed by atoms with Crippen LogP contribution < -0.4 is 10.1 Å². The maximum Gasteiger partial charge on any atom is 0.124 e. The van der Waals surface area contributed by atoms with E-state index in [1.165, 1.54) is 50.6 Å². The molecule has 2 aliphatic rings. The fourth-order valence-corrected chi connectivity index (χ4v) is 3.61. The molecule has 1 N–H and O–H groups in total. The van der Waals surface area contributed by atoms with Crippen LogP contribution >= 0.6 is 12.4 Å². The fourth-order valence-electron chi connectivity index (χ4n) is 3.61. The number of ether oxygens (including phenoxy) is 1. The molecular formula is C18H29ClN2O. The molecule has 0 bridgehead atoms. The molecule has 22 heavy (non-hydrogen) atoms. The Labute approximate surface area is 140 Å². The Morgan fingerprint density at radius 1 is 1.14 bits per heavy atom. The molecule has 1 unspecified atom stereocenters. The Kier molecular flexibility index (Phi) is 7.00. The van der Waals surface area contributed by atoms with Gasteiger partial charge in [0.25, 0.3) is 0 Å². The zero-order valence-corrected chi connectivity index (χ0v) is 14.4. The number of hydrogen-bond acceptors (Lipinski definition) is 3. The van der Waals surface area contributed by atoms with Gasteiger partial charge in [0, 0.05) is 24.7 Å². The summed E-state index contributed by atoms with van der Waals surface area (Å²) < 4.78 is 6.26. The van der Waals surface area contributed by atoms with Gasteiger partial charge in [-0.15, -0.1) is 12.4 Å². The average Bonchev–Trinajstić information content (AvgIpc) is 3.02. The van der Waals surface area contributed by atoms with Crippen molar-refractivity contribution in [2.24, 2.45) is 0 Å². The first-order chi connectivity index (χ1) is 10.3. The molecule has 0 spiro atoms. The molecule has 4 heteroatoms. The number of rotatable bonds is 5. The molecule has 1 saturated carbocycles. The first kappa shape index (κ1) is 17.6. The lowest BCUT2D eigenvalue weighted by atomic mass is 10.0. The molecule has 3 rings (SSSR count). The number of nitrogens with one attached hydrogen (secondary N) is 1. The molecule has 3 nitrogen and oxygen atoms in total. The topological polar surface area (TPSA) is 24.5 Å². The van der Waals surface area contributed by atoms with E-state index >= 15 is 0 Å². The summed E-state index contributed by atoms with van der Waals surface area (Å²) in [7, 11) is 2.07. The highest BCUT2D eigenvalue weighted by Gasteiger charge is 2.21. The van der Waals surface area contributed by atoms with Crippen LogP contribution in [0.5, 0.6) is 5.75 Å². The van der Waals surface area contributed by atoms with Crippen molar-refractivity contribution in [2.45, 2.75) is 57.2 Å². The standard InChI is InChI=1S/C18H28N2O.ClH/c1-19-16-8-6-12-20(14-16)13-15-7-2-5-11-18(15)21-17-9-3-4-10-17;/h2,5,7,11,16-17,19H,3-4,6,8-10,12-14H2,1H3;1H. The summed E-state index contributed by atoms with van der Waals surface area (Å²) in [5.74, 6) is 1.11. The predicted molar refractivity (Wildman–Crippen MR) is 93.9 cm³/mol. The molecule has 1 saturated heterocycles. The van der Waals surface area contributed by atoms with Crippen LogP contribution in [-0.4, -0.2) is 37.2 Å². The minimum absolute atomic E-state index is 0. The van der Waals surface area contributed by atoms with Crippen molar-refractivity contribution in [3.8, 4) is 5.75 Å². The molecule has 1 aromatic carbocycles. The van der Waals surface area contributed by atoms with E-state index in [-0.39, 0.29) is 12.4 Å². The molecule has 0 aromatic heterocycles. The van der Waals surface area contributed by atoms with Gasteiger partial charge in [-0.2, -0.15) is 0 Å². The van der Waals surface area contributed by atoms with Gasteiger partial charge in [-0.25, -0.2) is 0 Å². The van der Waals surface area contributed by atoms with Crippen molar-refractivity contribution in [3.63, 3.8) is 0 Å². The molecule has 1 aliphatic heterocycles. The van der Waals surface area contributed by atoms with Gasteiger partial charge in [0.2, 0.25) is 0 Å². The number of piperidine rings is 1. The smallest absolute Gasteiger partial charge is 0.124 e. The van der Waals surface area contributed by atoms with Gasteiger partial charge in [-0.05, 0) is 58.2 Å². The van der Waals surface area contributed by atoms with Crippen LogP contribution in [0.15, 0.2) is 24.3 Å². The molecular weight excluding hydrogens is 296 g/mol. The van der Waals surface area contributed by atoms with Crippen LogP contribution in [0.4, 0.5) is 0 Å². The summed E-state index contributed by atoms with van der Waals surface area (Å²) >= 11 is 0. The van der Waals surface area contributed by atoms with Crippen molar-refractivity contribution < 1.29 is 4.74 Å². The third-order valence-corrected chi connectivity index (χ3v) is 4.88. The van der Waals surface area contributed by atoms with Gasteiger partial charge >= 0.3 is 0 Å². The van der Waals surface area contributed by atoms with E-state index in [0.29, 0.717) is 12.1 Å². The van der Waals surface area contributed by atoms with Crippen LogP contribution in [0.25, 0.3) is 0 Å². The van der Waals surface area contributed by atoms with Gasteiger partial charge in [-0.1, -0.05) is 18.2 Å². The highest BCUT2D eigenvalue weighted by molar-refractivity contribution is 5.85. The fraction of sp³-hybridized carbons (Fsp3) is 0.667. The summed E-state index contributed by atoms with van der Waals surface area (Å²) in [6.07, 6.45) is 8.12. The molecule has 1 aromatic rings. The van der Waals surface area contributed by atoms with E-state index in [9.17, 15) is 0 Å². The minimum Gasteiger partial charge on any atom is -0.490 e. The van der Waals surface area contributed by atoms with E-state index in [0.717, 1.165) is 18.8 Å². The highest BCUT2D eigenvalue weighted by Crippen LogP contribution is 2.28. The molecule has 1 aliphatic carbocycles. The second kappa shape index (κ2) is 8.76. The summed E-state index contributed by atoms with van der Waals surface area (Å²) in [4.78, 5) is 2.56. The Morgan fingerprint density at radius 2 is 1.91 bits per heavy atom. The summed E-state index contributed by atoms with van der Waals surface area (Å²) in [6.45, 7) is 3.37. The maximum absolute atomic E-state index is 6.26. The highest BCUT2D eigenvalue weighted by atomic mass is 35.5. The summed E-state index contributed by atoms with van der Waals surface area (Å²) in [5.41, 5.74) is 1.35. The monoisotopic (exact) mass is 324 g/mol. The molecule has 124 valence electrons. The number of likely N-dealkylation sites (tertiary alicyclic amines) is 1. The third kappa shape index (κ3) is 4.61. The van der Waals surface area contributed by atoms with Crippen molar-refractivity contribution in [1.82, 2.24) is 10.2 Å². The Morgan fingerprint density at radius 3 is 2.68 bits per heavy atom. The largest absolute Gasteiger partial charge is 0.490 e. The van der Waals surface area contributed by atoms with Crippen molar-refractivity contribution >= 4 is 12.4 Å². The van der Waals surface area contributed by atoms with Gasteiger partial charge in [0.1, 0.15) is 5.75 Å². The number of benzene rings is 1. The SMILES string of the molecule is CNC1CCCN(Cc2ccccc2OC2CCCC2)C1.Cl. The number of para-hydroxylation sites is 1. The van der Waals surface area contributed by atoms with Gasteiger partial charge in [0.15, 0.2) is 0 Å². The molecule has 0 amide bonds. The van der Waals surface area contributed by atoms with E-state index in [1.54, 1.807) is 0 Å². The van der Waals surface area contributed by atoms with Crippen LogP contribution in [0.2, 0.25) is 0 Å². The second-order valence-corrected chi connectivity index (χ2v) is 6.49. The van der Waals surface area contributed by atoms with Crippen molar-refractivity contribution in [2.75, 3.05) is 20.1 Å². The zero-order chi connectivity index (χ0) is 14.5. The third-order valence-electron chi connectivity index (χ3n) is 4.88. The van der Waals surface area contributed by atoms with Crippen LogP contribution in [0, 0.1) is 0 Å². The summed E-state index contributed by atoms with van der Waals surface area (Å²) in [5, 5.41) is 3.42. The second-order valence-electron chi connectivity index (χ2n) is 6.49. The van der Waals surface area contributed by atoms with Crippen LogP contribution in [0.1, 0.15) is 44.1 Å². The van der Waals surface area contributed by atoms with E-state index in [2.05, 4.69) is 41.5 Å². The van der Waals surface area contributed by atoms with E-state index < -0.39 is 0 Å². The van der Waals surface area contributed by atoms with Gasteiger partial charge in [-0.3, -0.25) is 4.90 Å². The summed E-state index contributed by atoms with van der Waals surface area (Å²) in [6, 6.07) is 9.25. The maximum atomic E-state index is 6.26. The lowest BCUT2D eigenvalue weighted by molar-refractivity contribution is 0.177. The minimum atomic E-state index is 0. The molecule has 2 fully saturated rings. The lowest BCUT2D eigenvalue weighted by Crippen LogP contribution is -2.43. The first-order valence-electron chi connectivity index (χ1n) is 8.49. The number of halogens is 1.